The lowest BCUT2D eigenvalue weighted by Crippen LogP contribution is -2.50. The number of hydrogen-bond donors (Lipinski definition) is 2. The molecule has 0 radical (unpaired) electrons. The standard InChI is InChI=1S/C27H26N4O3/c1-31-23-11-16(2-3-17(23)12-25(31)32)15-5-7-24-19(8-15)10-22(34-24)13-21(14-28)30-27(33)26-18-4-6-20(9-18)29-26/h2-3,5,7-8,10-11,18,20-21,26,29H,4,6,9,12-13H2,1H3,(H,30,33). The van der Waals surface area contributed by atoms with Crippen molar-refractivity contribution in [2.45, 2.75) is 50.2 Å². The summed E-state index contributed by atoms with van der Waals surface area (Å²) in [5.41, 5.74) is 4.81. The third-order valence-corrected chi connectivity index (χ3v) is 7.58. The number of anilines is 1. The maximum Gasteiger partial charge on any atom is 0.238 e. The molecule has 4 unspecified atom stereocenters. The number of carbonyl (C=O) groups excluding carboxylic acids is 2. The van der Waals surface area contributed by atoms with Crippen LogP contribution in [0.2, 0.25) is 0 Å². The van der Waals surface area contributed by atoms with Crippen molar-refractivity contribution in [3.8, 4) is 17.2 Å². The lowest BCUT2D eigenvalue weighted by atomic mass is 9.99. The van der Waals surface area contributed by atoms with Gasteiger partial charge in [-0.05, 0) is 66.1 Å². The smallest absolute Gasteiger partial charge is 0.238 e. The van der Waals surface area contributed by atoms with Gasteiger partial charge in [0.05, 0.1) is 18.5 Å². The van der Waals surface area contributed by atoms with E-state index in [9.17, 15) is 14.9 Å². The van der Waals surface area contributed by atoms with Gasteiger partial charge in [-0.15, -0.1) is 0 Å². The molecule has 34 heavy (non-hydrogen) atoms. The highest BCUT2D eigenvalue weighted by Gasteiger charge is 2.43. The zero-order valence-corrected chi connectivity index (χ0v) is 19.0. The third-order valence-electron chi connectivity index (χ3n) is 7.58. The van der Waals surface area contributed by atoms with Crippen molar-refractivity contribution in [1.82, 2.24) is 10.6 Å². The number of piperidine rings is 1. The quantitative estimate of drug-likeness (QED) is 0.616. The third kappa shape index (κ3) is 3.55. The predicted molar refractivity (Wildman–Crippen MR) is 128 cm³/mol. The first-order valence-corrected chi connectivity index (χ1v) is 11.9. The van der Waals surface area contributed by atoms with Crippen LogP contribution in [0, 0.1) is 17.2 Å². The van der Waals surface area contributed by atoms with Gasteiger partial charge in [-0.2, -0.15) is 5.26 Å². The van der Waals surface area contributed by atoms with Crippen LogP contribution in [-0.4, -0.2) is 37.0 Å². The van der Waals surface area contributed by atoms with Gasteiger partial charge in [0.15, 0.2) is 0 Å². The lowest BCUT2D eigenvalue weighted by molar-refractivity contribution is -0.124. The molecule has 3 aliphatic rings. The molecule has 3 aromatic rings. The molecule has 2 aromatic carbocycles. The van der Waals surface area contributed by atoms with E-state index < -0.39 is 6.04 Å². The predicted octanol–water partition coefficient (Wildman–Crippen LogP) is 3.31. The average molecular weight is 455 g/mol. The number of nitriles is 1. The number of amides is 2. The summed E-state index contributed by atoms with van der Waals surface area (Å²) in [6.45, 7) is 0. The van der Waals surface area contributed by atoms with Crippen LogP contribution in [0.1, 0.15) is 30.6 Å². The normalized spacial score (nSPS) is 23.8. The molecule has 172 valence electrons. The summed E-state index contributed by atoms with van der Waals surface area (Å²) in [5, 5.41) is 16.9. The number of hydrogen-bond acceptors (Lipinski definition) is 5. The number of rotatable bonds is 5. The molecule has 1 aliphatic carbocycles. The van der Waals surface area contributed by atoms with Crippen LogP contribution in [-0.2, 0) is 22.4 Å². The van der Waals surface area contributed by atoms with Crippen molar-refractivity contribution in [2.75, 3.05) is 11.9 Å². The zero-order valence-electron chi connectivity index (χ0n) is 19.0. The van der Waals surface area contributed by atoms with E-state index in [1.165, 1.54) is 0 Å². The molecular formula is C27H26N4O3. The Morgan fingerprint density at radius 1 is 1.24 bits per heavy atom. The summed E-state index contributed by atoms with van der Waals surface area (Å²) < 4.78 is 5.98. The van der Waals surface area contributed by atoms with E-state index >= 15 is 0 Å². The molecule has 3 heterocycles. The first kappa shape index (κ1) is 20.9. The van der Waals surface area contributed by atoms with Crippen molar-refractivity contribution >= 4 is 28.5 Å². The van der Waals surface area contributed by atoms with E-state index in [4.69, 9.17) is 4.42 Å². The number of carbonyl (C=O) groups is 2. The van der Waals surface area contributed by atoms with Crippen LogP contribution in [0.25, 0.3) is 22.1 Å². The molecular weight excluding hydrogens is 428 g/mol. The molecule has 1 saturated heterocycles. The monoisotopic (exact) mass is 454 g/mol. The molecule has 7 heteroatoms. The number of fused-ring (bicyclic) bond motifs is 4. The van der Waals surface area contributed by atoms with E-state index in [-0.39, 0.29) is 17.9 Å². The van der Waals surface area contributed by atoms with Crippen molar-refractivity contribution in [2.24, 2.45) is 5.92 Å². The molecule has 2 aliphatic heterocycles. The Kier molecular flexibility index (Phi) is 4.93. The van der Waals surface area contributed by atoms with Crippen LogP contribution in [0.3, 0.4) is 0 Å². The summed E-state index contributed by atoms with van der Waals surface area (Å²) in [7, 11) is 1.81. The Morgan fingerprint density at radius 3 is 2.82 bits per heavy atom. The van der Waals surface area contributed by atoms with Gasteiger partial charge < -0.3 is 20.0 Å². The van der Waals surface area contributed by atoms with Gasteiger partial charge in [-0.1, -0.05) is 18.2 Å². The van der Waals surface area contributed by atoms with Crippen LogP contribution in [0.15, 0.2) is 46.9 Å². The number of nitrogens with one attached hydrogen (secondary N) is 2. The second-order valence-corrected chi connectivity index (χ2v) is 9.75. The lowest BCUT2D eigenvalue weighted by Gasteiger charge is -2.23. The summed E-state index contributed by atoms with van der Waals surface area (Å²) >= 11 is 0. The fourth-order valence-corrected chi connectivity index (χ4v) is 5.74. The molecule has 2 N–H and O–H groups in total. The summed E-state index contributed by atoms with van der Waals surface area (Å²) in [6.07, 6.45) is 4.04. The van der Waals surface area contributed by atoms with Gasteiger partial charge in [0.2, 0.25) is 11.8 Å². The highest BCUT2D eigenvalue weighted by molar-refractivity contribution is 6.01. The second kappa shape index (κ2) is 8.00. The van der Waals surface area contributed by atoms with Crippen LogP contribution in [0.5, 0.6) is 0 Å². The molecule has 1 saturated carbocycles. The van der Waals surface area contributed by atoms with Crippen LogP contribution in [0.4, 0.5) is 5.69 Å². The van der Waals surface area contributed by atoms with Crippen molar-refractivity contribution < 1.29 is 14.0 Å². The summed E-state index contributed by atoms with van der Waals surface area (Å²) in [6, 6.07) is 15.8. The van der Waals surface area contributed by atoms with Gasteiger partial charge in [0, 0.05) is 30.6 Å². The highest BCUT2D eigenvalue weighted by Crippen LogP contribution is 2.36. The van der Waals surface area contributed by atoms with Crippen molar-refractivity contribution in [1.29, 1.82) is 5.26 Å². The first-order valence-electron chi connectivity index (χ1n) is 11.9. The summed E-state index contributed by atoms with van der Waals surface area (Å²) in [5.74, 6) is 1.07. The number of benzene rings is 2. The topological polar surface area (TPSA) is 98.4 Å². The minimum absolute atomic E-state index is 0.0859. The zero-order chi connectivity index (χ0) is 23.4. The molecule has 2 bridgehead atoms. The minimum Gasteiger partial charge on any atom is -0.461 e. The van der Waals surface area contributed by atoms with E-state index in [1.807, 2.05) is 36.4 Å². The molecule has 6 rings (SSSR count). The first-order chi connectivity index (χ1) is 16.5. The molecule has 1 aromatic heterocycles. The molecule has 7 nitrogen and oxygen atoms in total. The Bertz CT molecular complexity index is 1350. The van der Waals surface area contributed by atoms with E-state index in [2.05, 4.69) is 22.8 Å². The molecule has 2 amide bonds. The SMILES string of the molecule is CN1C(=O)Cc2ccc(-c3ccc4oc(CC(C#N)NC(=O)C5NC6CCC5C6)cc4c3)cc21. The van der Waals surface area contributed by atoms with Crippen LogP contribution >= 0.6 is 0 Å². The van der Waals surface area contributed by atoms with Gasteiger partial charge >= 0.3 is 0 Å². The van der Waals surface area contributed by atoms with Crippen molar-refractivity contribution in [3.05, 3.63) is 53.8 Å². The van der Waals surface area contributed by atoms with Gasteiger partial charge in [0.1, 0.15) is 17.4 Å². The highest BCUT2D eigenvalue weighted by atomic mass is 16.3. The number of nitrogens with zero attached hydrogens (tertiary/aromatic N) is 2. The Hall–Kier alpha value is -3.63. The van der Waals surface area contributed by atoms with Crippen LogP contribution < -0.4 is 15.5 Å². The van der Waals surface area contributed by atoms with Gasteiger partial charge in [-0.25, -0.2) is 0 Å². The van der Waals surface area contributed by atoms with E-state index in [0.717, 1.165) is 52.6 Å². The van der Waals surface area contributed by atoms with E-state index in [1.54, 1.807) is 11.9 Å². The van der Waals surface area contributed by atoms with Gasteiger partial charge in [-0.3, -0.25) is 9.59 Å². The molecule has 4 atom stereocenters. The number of likely N-dealkylation sites (N-methyl/N-ethyl adjacent to an activating group) is 1. The Labute approximate surface area is 197 Å². The largest absolute Gasteiger partial charge is 0.461 e. The maximum absolute atomic E-state index is 12.7. The Balaban J connectivity index is 1.19. The summed E-state index contributed by atoms with van der Waals surface area (Å²) in [4.78, 5) is 26.4. The fraction of sp³-hybridized carbons (Fsp3) is 0.370. The average Bonchev–Trinajstić information content (AvgIpc) is 3.62. The molecule has 2 fully saturated rings. The molecule has 0 spiro atoms. The Morgan fingerprint density at radius 2 is 2.06 bits per heavy atom. The minimum atomic E-state index is -0.641. The fourth-order valence-electron chi connectivity index (χ4n) is 5.74. The van der Waals surface area contributed by atoms with E-state index in [0.29, 0.717) is 30.6 Å². The van der Waals surface area contributed by atoms with Crippen molar-refractivity contribution in [3.63, 3.8) is 0 Å². The second-order valence-electron chi connectivity index (χ2n) is 9.75. The maximum atomic E-state index is 12.7. The number of furan rings is 1. The van der Waals surface area contributed by atoms with Gasteiger partial charge in [0.25, 0.3) is 0 Å².